The Morgan fingerprint density at radius 2 is 1.78 bits per heavy atom. The molecule has 37 heavy (non-hydrogen) atoms. The molecule has 0 bridgehead atoms. The van der Waals surface area contributed by atoms with Crippen molar-refractivity contribution < 1.29 is 27.9 Å². The van der Waals surface area contributed by atoms with Crippen molar-refractivity contribution in [3.05, 3.63) is 59.8 Å². The Bertz CT molecular complexity index is 1380. The Hall–Kier alpha value is -3.70. The number of rotatable bonds is 11. The summed E-state index contributed by atoms with van der Waals surface area (Å²) in [6.07, 6.45) is 0.834. The lowest BCUT2D eigenvalue weighted by Gasteiger charge is -2.18. The summed E-state index contributed by atoms with van der Waals surface area (Å²) in [5.41, 5.74) is 0.831. The predicted molar refractivity (Wildman–Crippen MR) is 140 cm³/mol. The van der Waals surface area contributed by atoms with Gasteiger partial charge in [0.1, 0.15) is 10.6 Å². The summed E-state index contributed by atoms with van der Waals surface area (Å²) in [5.74, 6) is -1.35. The predicted octanol–water partition coefficient (Wildman–Crippen LogP) is 4.73. The maximum absolute atomic E-state index is 13.4. The Kier molecular flexibility index (Phi) is 8.72. The maximum atomic E-state index is 13.4. The molecule has 1 unspecified atom stereocenters. The summed E-state index contributed by atoms with van der Waals surface area (Å²) in [6.45, 7) is 8.94. The molecule has 0 fully saturated rings. The number of ether oxygens (including phenoxy) is 1. The number of nitrogens with one attached hydrogen (secondary N) is 2. The third kappa shape index (κ3) is 6.75. The molecule has 0 aliphatic rings. The van der Waals surface area contributed by atoms with Crippen LogP contribution in [0.1, 0.15) is 56.6 Å². The van der Waals surface area contributed by atoms with Crippen LogP contribution in [0.5, 0.6) is 11.6 Å². The van der Waals surface area contributed by atoms with Gasteiger partial charge in [0.25, 0.3) is 0 Å². The number of aromatic nitrogens is 2. The number of benzene rings is 2. The van der Waals surface area contributed by atoms with Gasteiger partial charge < -0.3 is 15.2 Å². The number of carbonyl (C=O) groups is 2. The minimum absolute atomic E-state index is 0.0465. The molecule has 2 aromatic carbocycles. The highest BCUT2D eigenvalue weighted by Gasteiger charge is 2.27. The van der Waals surface area contributed by atoms with Crippen molar-refractivity contribution in [1.29, 1.82) is 0 Å². The Morgan fingerprint density at radius 1 is 1.11 bits per heavy atom. The van der Waals surface area contributed by atoms with Gasteiger partial charge >= 0.3 is 5.97 Å². The number of carboxylic acids is 1. The van der Waals surface area contributed by atoms with Gasteiger partial charge in [-0.3, -0.25) is 4.79 Å². The molecule has 0 aliphatic heterocycles. The van der Waals surface area contributed by atoms with Crippen molar-refractivity contribution in [3.63, 3.8) is 0 Å². The van der Waals surface area contributed by atoms with Crippen LogP contribution >= 0.6 is 0 Å². The van der Waals surface area contributed by atoms with Gasteiger partial charge in [0.05, 0.1) is 5.69 Å². The van der Waals surface area contributed by atoms with Crippen molar-refractivity contribution in [2.24, 2.45) is 5.92 Å². The van der Waals surface area contributed by atoms with Crippen LogP contribution in [0, 0.1) is 12.8 Å². The van der Waals surface area contributed by atoms with Crippen molar-refractivity contribution in [1.82, 2.24) is 14.5 Å². The molecule has 3 N–H and O–H groups in total. The van der Waals surface area contributed by atoms with E-state index in [2.05, 4.69) is 15.1 Å². The van der Waals surface area contributed by atoms with E-state index in [-0.39, 0.29) is 52.1 Å². The van der Waals surface area contributed by atoms with Crippen molar-refractivity contribution in [2.45, 2.75) is 58.4 Å². The Morgan fingerprint density at radius 3 is 2.38 bits per heavy atom. The van der Waals surface area contributed by atoms with Crippen molar-refractivity contribution >= 4 is 27.6 Å². The average molecular weight is 529 g/mol. The zero-order valence-corrected chi connectivity index (χ0v) is 22.3. The van der Waals surface area contributed by atoms with Crippen LogP contribution in [0.2, 0.25) is 0 Å². The molecule has 0 aliphatic carbocycles. The van der Waals surface area contributed by atoms with Crippen LogP contribution in [0.4, 0.5) is 5.69 Å². The van der Waals surface area contributed by atoms with Gasteiger partial charge in [-0.25, -0.2) is 17.9 Å². The third-order valence-corrected chi connectivity index (χ3v) is 7.17. The summed E-state index contributed by atoms with van der Waals surface area (Å²) in [4.78, 5) is 23.9. The highest BCUT2D eigenvalue weighted by molar-refractivity contribution is 7.89. The van der Waals surface area contributed by atoms with E-state index in [1.165, 1.54) is 29.8 Å². The summed E-state index contributed by atoms with van der Waals surface area (Å²) >= 11 is 0. The van der Waals surface area contributed by atoms with E-state index >= 15 is 0 Å². The number of carboxylic acid groups (broad SMARTS) is 1. The average Bonchev–Trinajstić information content (AvgIpc) is 3.15. The van der Waals surface area contributed by atoms with Crippen LogP contribution in [-0.2, 0) is 14.8 Å². The third-order valence-electron chi connectivity index (χ3n) is 5.56. The summed E-state index contributed by atoms with van der Waals surface area (Å²) < 4.78 is 36.7. The summed E-state index contributed by atoms with van der Waals surface area (Å²) in [7, 11) is -4.08. The topological polar surface area (TPSA) is 140 Å². The number of sulfonamides is 1. The molecule has 1 amide bonds. The lowest BCUT2D eigenvalue weighted by atomic mass is 10.1. The van der Waals surface area contributed by atoms with Gasteiger partial charge in [0.15, 0.2) is 5.69 Å². The lowest BCUT2D eigenvalue weighted by molar-refractivity contribution is -0.116. The second-order valence-corrected chi connectivity index (χ2v) is 10.9. The fraction of sp³-hybridized carbons (Fsp3) is 0.346. The van der Waals surface area contributed by atoms with Crippen LogP contribution in [0.25, 0.3) is 5.69 Å². The molecule has 3 aromatic rings. The van der Waals surface area contributed by atoms with Crippen molar-refractivity contribution in [3.8, 4) is 17.3 Å². The van der Waals surface area contributed by atoms with E-state index in [9.17, 15) is 23.1 Å². The number of hydrogen-bond donors (Lipinski definition) is 3. The number of amides is 1. The van der Waals surface area contributed by atoms with Gasteiger partial charge in [-0.1, -0.05) is 39.0 Å². The molecule has 0 spiro atoms. The van der Waals surface area contributed by atoms with Crippen molar-refractivity contribution in [2.75, 3.05) is 5.32 Å². The zero-order valence-electron chi connectivity index (χ0n) is 21.5. The standard InChI is InChI=1S/C26H32N4O6S/c1-6-17(4)29-37(34,35)22-15-19(27-23(31)14-16(2)3)12-13-21(22)36-25-18(5)24(26(32)33)28-30(25)20-10-8-7-9-11-20/h7-13,15-17,29H,6,14H2,1-5H3,(H,27,31)(H,32,33). The van der Waals surface area contributed by atoms with Crippen LogP contribution in [-0.4, -0.2) is 41.2 Å². The first kappa shape index (κ1) is 27.9. The normalized spacial score (nSPS) is 12.4. The molecular formula is C26H32N4O6S. The fourth-order valence-electron chi connectivity index (χ4n) is 3.53. The molecule has 10 nitrogen and oxygen atoms in total. The van der Waals surface area contributed by atoms with Gasteiger partial charge in [-0.15, -0.1) is 0 Å². The number of nitrogens with zero attached hydrogens (tertiary/aromatic N) is 2. The molecule has 0 saturated carbocycles. The van der Waals surface area contributed by atoms with E-state index in [0.717, 1.165) is 0 Å². The molecule has 11 heteroatoms. The molecule has 1 aromatic heterocycles. The molecule has 3 rings (SSSR count). The van der Waals surface area contributed by atoms with E-state index in [1.54, 1.807) is 37.3 Å². The van der Waals surface area contributed by atoms with E-state index in [1.807, 2.05) is 20.8 Å². The SMILES string of the molecule is CCC(C)NS(=O)(=O)c1cc(NC(=O)CC(C)C)ccc1Oc1c(C)c(C(=O)O)nn1-c1ccccc1. The van der Waals surface area contributed by atoms with Crippen LogP contribution in [0.15, 0.2) is 53.4 Å². The van der Waals surface area contributed by atoms with Gasteiger partial charge in [0, 0.05) is 23.7 Å². The first-order chi connectivity index (χ1) is 17.4. The second-order valence-electron chi connectivity index (χ2n) is 9.17. The molecular weight excluding hydrogens is 496 g/mol. The number of para-hydroxylation sites is 1. The largest absolute Gasteiger partial charge is 0.476 e. The number of anilines is 1. The summed E-state index contributed by atoms with van der Waals surface area (Å²) in [5, 5.41) is 16.5. The number of hydrogen-bond acceptors (Lipinski definition) is 6. The smallest absolute Gasteiger partial charge is 0.356 e. The fourth-order valence-corrected chi connectivity index (χ4v) is 5.01. The van der Waals surface area contributed by atoms with E-state index in [4.69, 9.17) is 4.74 Å². The first-order valence-electron chi connectivity index (χ1n) is 11.9. The minimum Gasteiger partial charge on any atom is -0.476 e. The van der Waals surface area contributed by atoms with Crippen LogP contribution < -0.4 is 14.8 Å². The van der Waals surface area contributed by atoms with Crippen LogP contribution in [0.3, 0.4) is 0 Å². The molecule has 1 heterocycles. The Balaban J connectivity index is 2.13. The monoisotopic (exact) mass is 528 g/mol. The molecule has 198 valence electrons. The van der Waals surface area contributed by atoms with Gasteiger partial charge in [-0.05, 0) is 56.5 Å². The van der Waals surface area contributed by atoms with Gasteiger partial charge in [-0.2, -0.15) is 9.78 Å². The van der Waals surface area contributed by atoms with E-state index < -0.39 is 16.0 Å². The molecule has 1 atom stereocenters. The zero-order chi connectivity index (χ0) is 27.3. The lowest BCUT2D eigenvalue weighted by Crippen LogP contribution is -2.32. The highest BCUT2D eigenvalue weighted by Crippen LogP contribution is 2.35. The molecule has 0 saturated heterocycles. The first-order valence-corrected chi connectivity index (χ1v) is 13.4. The highest BCUT2D eigenvalue weighted by atomic mass is 32.2. The Labute approximate surface area is 216 Å². The molecule has 0 radical (unpaired) electrons. The minimum atomic E-state index is -4.08. The maximum Gasteiger partial charge on any atom is 0.356 e. The van der Waals surface area contributed by atoms with Gasteiger partial charge in [0.2, 0.25) is 21.8 Å². The van der Waals surface area contributed by atoms with E-state index in [0.29, 0.717) is 17.8 Å². The number of aromatic carboxylic acids is 1. The quantitative estimate of drug-likeness (QED) is 0.327. The number of carbonyl (C=O) groups excluding carboxylic acids is 1. The summed E-state index contributed by atoms with van der Waals surface area (Å²) in [6, 6.07) is 12.7. The second kappa shape index (κ2) is 11.6.